The first kappa shape index (κ1) is 12.7. The van der Waals surface area contributed by atoms with E-state index in [2.05, 4.69) is 4.98 Å². The maximum absolute atomic E-state index is 11.8. The minimum Gasteiger partial charge on any atom is -0.309 e. The summed E-state index contributed by atoms with van der Waals surface area (Å²) in [5.74, 6) is 0.242. The number of carbonyl (C=O) groups excluding carboxylic acids is 1. The van der Waals surface area contributed by atoms with Crippen molar-refractivity contribution in [3.05, 3.63) is 42.1 Å². The molecule has 0 N–H and O–H groups in total. The highest BCUT2D eigenvalue weighted by Crippen LogP contribution is 2.12. The molecular formula is C15H18N2O. The van der Waals surface area contributed by atoms with Gasteiger partial charge in [0.25, 0.3) is 0 Å². The first-order valence-electron chi connectivity index (χ1n) is 6.16. The summed E-state index contributed by atoms with van der Waals surface area (Å²) in [6.07, 6.45) is 1.01. The second-order valence-corrected chi connectivity index (χ2v) is 4.76. The molecule has 2 aromatic rings. The minimum absolute atomic E-state index is 0.242. The summed E-state index contributed by atoms with van der Waals surface area (Å²) in [5.41, 5.74) is 1.81. The zero-order chi connectivity index (χ0) is 13.0. The molecule has 94 valence electrons. The van der Waals surface area contributed by atoms with Crippen LogP contribution >= 0.6 is 0 Å². The zero-order valence-electron chi connectivity index (χ0n) is 10.9. The Morgan fingerprint density at radius 1 is 1.17 bits per heavy atom. The third-order valence-electron chi connectivity index (χ3n) is 2.87. The highest BCUT2D eigenvalue weighted by atomic mass is 16.1. The van der Waals surface area contributed by atoms with E-state index >= 15 is 0 Å². The van der Waals surface area contributed by atoms with Crippen molar-refractivity contribution in [2.75, 3.05) is 20.6 Å². The van der Waals surface area contributed by atoms with Gasteiger partial charge in [0.05, 0.1) is 5.52 Å². The number of rotatable bonds is 5. The van der Waals surface area contributed by atoms with Gasteiger partial charge in [0.15, 0.2) is 0 Å². The summed E-state index contributed by atoms with van der Waals surface area (Å²) in [6.45, 7) is 0.798. The fraction of sp³-hybridized carbons (Fsp3) is 0.333. The molecule has 0 aliphatic heterocycles. The normalized spacial score (nSPS) is 11.1. The first-order valence-corrected chi connectivity index (χ1v) is 6.16. The SMILES string of the molecule is CN(C)CCC(=O)Cc1ccc2ccccc2n1. The van der Waals surface area contributed by atoms with Gasteiger partial charge >= 0.3 is 0 Å². The summed E-state index contributed by atoms with van der Waals surface area (Å²) in [4.78, 5) is 18.3. The fourth-order valence-electron chi connectivity index (χ4n) is 1.85. The number of ketones is 1. The van der Waals surface area contributed by atoms with Crippen LogP contribution in [-0.4, -0.2) is 36.3 Å². The van der Waals surface area contributed by atoms with E-state index in [1.807, 2.05) is 55.4 Å². The lowest BCUT2D eigenvalue weighted by molar-refractivity contribution is -0.118. The topological polar surface area (TPSA) is 33.2 Å². The summed E-state index contributed by atoms with van der Waals surface area (Å²) in [5, 5.41) is 1.11. The molecule has 3 heteroatoms. The molecule has 1 aromatic heterocycles. The van der Waals surface area contributed by atoms with Crippen LogP contribution in [0.5, 0.6) is 0 Å². The van der Waals surface area contributed by atoms with Crippen LogP contribution in [0.1, 0.15) is 12.1 Å². The first-order chi connectivity index (χ1) is 8.65. The van der Waals surface area contributed by atoms with E-state index in [4.69, 9.17) is 0 Å². The number of Topliss-reactive ketones (excluding diaryl/α,β-unsaturated/α-hetero) is 1. The second kappa shape index (κ2) is 5.74. The van der Waals surface area contributed by atoms with E-state index in [-0.39, 0.29) is 5.78 Å². The molecule has 0 aliphatic rings. The van der Waals surface area contributed by atoms with Crippen molar-refractivity contribution in [2.24, 2.45) is 0 Å². The summed E-state index contributed by atoms with van der Waals surface area (Å²) in [6, 6.07) is 11.9. The summed E-state index contributed by atoms with van der Waals surface area (Å²) >= 11 is 0. The molecule has 0 unspecified atom stereocenters. The Bertz CT molecular complexity index is 549. The molecule has 1 heterocycles. The van der Waals surface area contributed by atoms with E-state index in [0.29, 0.717) is 12.8 Å². The summed E-state index contributed by atoms with van der Waals surface area (Å²) < 4.78 is 0. The van der Waals surface area contributed by atoms with E-state index in [9.17, 15) is 4.79 Å². The number of fused-ring (bicyclic) bond motifs is 1. The van der Waals surface area contributed by atoms with Crippen LogP contribution in [0.25, 0.3) is 10.9 Å². The lowest BCUT2D eigenvalue weighted by Gasteiger charge is -2.08. The van der Waals surface area contributed by atoms with Crippen molar-refractivity contribution in [1.29, 1.82) is 0 Å². The average molecular weight is 242 g/mol. The van der Waals surface area contributed by atoms with Crippen LogP contribution in [0.2, 0.25) is 0 Å². The Kier molecular flexibility index (Phi) is 4.05. The van der Waals surface area contributed by atoms with Gasteiger partial charge in [-0.1, -0.05) is 24.3 Å². The molecule has 0 spiro atoms. The molecule has 0 radical (unpaired) electrons. The van der Waals surface area contributed by atoms with Gasteiger partial charge < -0.3 is 4.90 Å². The van der Waals surface area contributed by atoms with E-state index in [0.717, 1.165) is 23.1 Å². The second-order valence-electron chi connectivity index (χ2n) is 4.76. The van der Waals surface area contributed by atoms with Crippen LogP contribution in [0.4, 0.5) is 0 Å². The third kappa shape index (κ3) is 3.37. The zero-order valence-corrected chi connectivity index (χ0v) is 10.9. The van der Waals surface area contributed by atoms with Gasteiger partial charge in [0.2, 0.25) is 0 Å². The van der Waals surface area contributed by atoms with E-state index < -0.39 is 0 Å². The number of para-hydroxylation sites is 1. The minimum atomic E-state index is 0.242. The molecule has 2 rings (SSSR count). The van der Waals surface area contributed by atoms with E-state index in [1.54, 1.807) is 0 Å². The van der Waals surface area contributed by atoms with Gasteiger partial charge in [0, 0.05) is 30.5 Å². The maximum atomic E-state index is 11.8. The molecule has 0 fully saturated rings. The van der Waals surface area contributed by atoms with Crippen LogP contribution < -0.4 is 0 Å². The van der Waals surface area contributed by atoms with Crippen molar-refractivity contribution in [3.8, 4) is 0 Å². The van der Waals surface area contributed by atoms with Crippen molar-refractivity contribution < 1.29 is 4.79 Å². The maximum Gasteiger partial charge on any atom is 0.140 e. The smallest absolute Gasteiger partial charge is 0.140 e. The number of hydrogen-bond acceptors (Lipinski definition) is 3. The average Bonchev–Trinajstić information content (AvgIpc) is 2.36. The van der Waals surface area contributed by atoms with Crippen molar-refractivity contribution >= 4 is 16.7 Å². The predicted octanol–water partition coefficient (Wildman–Crippen LogP) is 2.30. The number of benzene rings is 1. The molecule has 1 aromatic carbocycles. The van der Waals surface area contributed by atoms with Crippen LogP contribution in [-0.2, 0) is 11.2 Å². The van der Waals surface area contributed by atoms with Gasteiger partial charge in [-0.2, -0.15) is 0 Å². The Balaban J connectivity index is 2.05. The molecule has 3 nitrogen and oxygen atoms in total. The quantitative estimate of drug-likeness (QED) is 0.806. The number of pyridine rings is 1. The van der Waals surface area contributed by atoms with Crippen molar-refractivity contribution in [3.63, 3.8) is 0 Å². The third-order valence-corrected chi connectivity index (χ3v) is 2.87. The molecule has 0 bridgehead atoms. The Hall–Kier alpha value is -1.74. The molecule has 0 saturated heterocycles. The van der Waals surface area contributed by atoms with Gasteiger partial charge in [0.1, 0.15) is 5.78 Å². The van der Waals surface area contributed by atoms with Crippen LogP contribution in [0.3, 0.4) is 0 Å². The Morgan fingerprint density at radius 2 is 1.94 bits per heavy atom. The Morgan fingerprint density at radius 3 is 2.72 bits per heavy atom. The number of carbonyl (C=O) groups is 1. The molecule has 0 aliphatic carbocycles. The lowest BCUT2D eigenvalue weighted by Crippen LogP contribution is -2.17. The largest absolute Gasteiger partial charge is 0.309 e. The highest BCUT2D eigenvalue weighted by molar-refractivity contribution is 5.82. The van der Waals surface area contributed by atoms with Crippen molar-refractivity contribution in [1.82, 2.24) is 9.88 Å². The van der Waals surface area contributed by atoms with E-state index in [1.165, 1.54) is 0 Å². The predicted molar refractivity (Wildman–Crippen MR) is 73.6 cm³/mol. The summed E-state index contributed by atoms with van der Waals surface area (Å²) in [7, 11) is 3.95. The van der Waals surface area contributed by atoms with Crippen LogP contribution in [0.15, 0.2) is 36.4 Å². The molecule has 0 amide bonds. The number of aromatic nitrogens is 1. The lowest BCUT2D eigenvalue weighted by atomic mass is 10.1. The van der Waals surface area contributed by atoms with Crippen LogP contribution in [0, 0.1) is 0 Å². The van der Waals surface area contributed by atoms with Gasteiger partial charge in [-0.25, -0.2) is 0 Å². The number of nitrogens with zero attached hydrogens (tertiary/aromatic N) is 2. The van der Waals surface area contributed by atoms with Gasteiger partial charge in [-0.05, 0) is 26.2 Å². The molecular weight excluding hydrogens is 224 g/mol. The molecule has 0 saturated carbocycles. The highest BCUT2D eigenvalue weighted by Gasteiger charge is 2.06. The van der Waals surface area contributed by atoms with Gasteiger partial charge in [-0.3, -0.25) is 9.78 Å². The molecule has 0 atom stereocenters. The fourth-order valence-corrected chi connectivity index (χ4v) is 1.85. The van der Waals surface area contributed by atoms with Crippen molar-refractivity contribution in [2.45, 2.75) is 12.8 Å². The number of hydrogen-bond donors (Lipinski definition) is 0. The Labute approximate surface area is 107 Å². The van der Waals surface area contributed by atoms with Gasteiger partial charge in [-0.15, -0.1) is 0 Å². The monoisotopic (exact) mass is 242 g/mol. The molecule has 18 heavy (non-hydrogen) atoms. The standard InChI is InChI=1S/C15H18N2O/c1-17(2)10-9-14(18)11-13-8-7-12-5-3-4-6-15(12)16-13/h3-8H,9-11H2,1-2H3.